The molecule has 1 aliphatic rings. The molecule has 1 fully saturated rings. The van der Waals surface area contributed by atoms with Gasteiger partial charge in [0.15, 0.2) is 0 Å². The highest BCUT2D eigenvalue weighted by molar-refractivity contribution is 7.09. The van der Waals surface area contributed by atoms with Crippen molar-refractivity contribution in [2.75, 3.05) is 6.61 Å². The first-order valence-electron chi connectivity index (χ1n) is 7.19. The van der Waals surface area contributed by atoms with E-state index >= 15 is 0 Å². The van der Waals surface area contributed by atoms with Crippen molar-refractivity contribution in [2.45, 2.75) is 38.6 Å². The maximum Gasteiger partial charge on any atom is 0.131 e. The number of aliphatic hydroxyl groups is 1. The van der Waals surface area contributed by atoms with Crippen LogP contribution in [-0.4, -0.2) is 16.7 Å². The third kappa shape index (κ3) is 3.61. The number of hydrogen-bond donors (Lipinski definition) is 1. The Morgan fingerprint density at radius 2 is 2.43 bits per heavy atom. The fraction of sp³-hybridized carbons (Fsp3) is 0.438. The second-order valence-corrected chi connectivity index (χ2v) is 6.11. The first-order valence-corrected chi connectivity index (χ1v) is 8.07. The van der Waals surface area contributed by atoms with Crippen LogP contribution in [0.1, 0.15) is 48.2 Å². The Labute approximate surface area is 128 Å². The molecule has 2 atom stereocenters. The fourth-order valence-corrected chi connectivity index (χ4v) is 3.22. The number of rotatable bonds is 5. The number of aromatic nitrogens is 1. The molecular weight excluding hydrogens is 286 g/mol. The fourth-order valence-electron chi connectivity index (χ4n) is 2.33. The molecule has 0 saturated carbocycles. The van der Waals surface area contributed by atoms with Crippen LogP contribution in [0.3, 0.4) is 0 Å². The summed E-state index contributed by atoms with van der Waals surface area (Å²) in [6.45, 7) is 3.02. The van der Waals surface area contributed by atoms with Gasteiger partial charge in [-0.2, -0.15) is 0 Å². The third-order valence-corrected chi connectivity index (χ3v) is 4.49. The molecule has 2 unspecified atom stereocenters. The predicted octanol–water partition coefficient (Wildman–Crippen LogP) is 3.63. The summed E-state index contributed by atoms with van der Waals surface area (Å²) >= 11 is 1.63. The zero-order chi connectivity index (χ0) is 14.7. The van der Waals surface area contributed by atoms with Crippen LogP contribution >= 0.6 is 11.3 Å². The van der Waals surface area contributed by atoms with Crippen molar-refractivity contribution in [3.8, 4) is 5.75 Å². The van der Waals surface area contributed by atoms with E-state index in [9.17, 15) is 5.11 Å². The Morgan fingerprint density at radius 3 is 3.19 bits per heavy atom. The summed E-state index contributed by atoms with van der Waals surface area (Å²) in [6, 6.07) is 7.52. The van der Waals surface area contributed by atoms with Crippen molar-refractivity contribution in [1.29, 1.82) is 0 Å². The zero-order valence-electron chi connectivity index (χ0n) is 12.0. The summed E-state index contributed by atoms with van der Waals surface area (Å²) in [5.41, 5.74) is 1.78. The average molecular weight is 305 g/mol. The van der Waals surface area contributed by atoms with Gasteiger partial charge in [0, 0.05) is 12.0 Å². The van der Waals surface area contributed by atoms with Gasteiger partial charge in [0.1, 0.15) is 23.5 Å². The summed E-state index contributed by atoms with van der Waals surface area (Å²) < 4.78 is 11.4. The minimum atomic E-state index is -0.487. The highest BCUT2D eigenvalue weighted by atomic mass is 32.1. The summed E-state index contributed by atoms with van der Waals surface area (Å²) in [5.74, 6) is 0.750. The summed E-state index contributed by atoms with van der Waals surface area (Å²) in [5, 5.41) is 12.6. The molecule has 2 heterocycles. The van der Waals surface area contributed by atoms with Gasteiger partial charge < -0.3 is 14.6 Å². The minimum Gasteiger partial charge on any atom is -0.487 e. The Morgan fingerprint density at radius 1 is 1.52 bits per heavy atom. The van der Waals surface area contributed by atoms with E-state index in [0.717, 1.165) is 41.5 Å². The van der Waals surface area contributed by atoms with Gasteiger partial charge in [0.05, 0.1) is 11.8 Å². The van der Waals surface area contributed by atoms with Crippen LogP contribution in [0.2, 0.25) is 0 Å². The largest absolute Gasteiger partial charge is 0.487 e. The van der Waals surface area contributed by atoms with Crippen molar-refractivity contribution in [1.82, 2.24) is 4.98 Å². The molecule has 0 spiro atoms. The van der Waals surface area contributed by atoms with E-state index in [-0.39, 0.29) is 6.10 Å². The van der Waals surface area contributed by atoms with E-state index in [1.807, 2.05) is 29.6 Å². The second kappa shape index (κ2) is 6.56. The lowest BCUT2D eigenvalue weighted by Gasteiger charge is -2.08. The lowest BCUT2D eigenvalue weighted by molar-refractivity contribution is 0.111. The number of hydrogen-bond acceptors (Lipinski definition) is 5. The van der Waals surface area contributed by atoms with E-state index in [1.165, 1.54) is 0 Å². The Balaban J connectivity index is 1.61. The predicted molar refractivity (Wildman–Crippen MR) is 81.4 cm³/mol. The SMILES string of the molecule is CC(O)c1cccc(OCc2csc(C3CCCO3)n2)c1. The number of thiazole rings is 1. The van der Waals surface area contributed by atoms with Crippen LogP contribution in [0, 0.1) is 0 Å². The van der Waals surface area contributed by atoms with Gasteiger partial charge in [-0.3, -0.25) is 0 Å². The van der Waals surface area contributed by atoms with Crippen molar-refractivity contribution in [3.05, 3.63) is 45.9 Å². The number of ether oxygens (including phenoxy) is 2. The van der Waals surface area contributed by atoms with Gasteiger partial charge in [0.25, 0.3) is 0 Å². The molecule has 5 heteroatoms. The number of benzene rings is 1. The van der Waals surface area contributed by atoms with Crippen molar-refractivity contribution in [2.24, 2.45) is 0 Å². The molecule has 0 amide bonds. The lowest BCUT2D eigenvalue weighted by atomic mass is 10.1. The van der Waals surface area contributed by atoms with E-state index in [4.69, 9.17) is 9.47 Å². The molecule has 0 radical (unpaired) electrons. The maximum absolute atomic E-state index is 9.58. The summed E-state index contributed by atoms with van der Waals surface area (Å²) in [6.07, 6.45) is 1.85. The molecular formula is C16H19NO3S. The smallest absolute Gasteiger partial charge is 0.131 e. The van der Waals surface area contributed by atoms with Crippen LogP contribution in [0.4, 0.5) is 0 Å². The number of nitrogens with zero attached hydrogens (tertiary/aromatic N) is 1. The Kier molecular flexibility index (Phi) is 4.53. The molecule has 1 aromatic heterocycles. The number of aliphatic hydroxyl groups excluding tert-OH is 1. The highest BCUT2D eigenvalue weighted by Crippen LogP contribution is 2.30. The summed E-state index contributed by atoms with van der Waals surface area (Å²) in [7, 11) is 0. The highest BCUT2D eigenvalue weighted by Gasteiger charge is 2.20. The molecule has 1 saturated heterocycles. The van der Waals surface area contributed by atoms with Gasteiger partial charge in [-0.15, -0.1) is 11.3 Å². The van der Waals surface area contributed by atoms with Crippen LogP contribution < -0.4 is 4.74 Å². The van der Waals surface area contributed by atoms with Gasteiger partial charge >= 0.3 is 0 Å². The Hall–Kier alpha value is -1.43. The van der Waals surface area contributed by atoms with Crippen LogP contribution in [0.5, 0.6) is 5.75 Å². The van der Waals surface area contributed by atoms with E-state index < -0.39 is 6.10 Å². The zero-order valence-corrected chi connectivity index (χ0v) is 12.8. The molecule has 4 nitrogen and oxygen atoms in total. The lowest BCUT2D eigenvalue weighted by Crippen LogP contribution is -1.99. The first kappa shape index (κ1) is 14.5. The maximum atomic E-state index is 9.58. The summed E-state index contributed by atoms with van der Waals surface area (Å²) in [4.78, 5) is 4.58. The average Bonchev–Trinajstić information content (AvgIpc) is 3.16. The van der Waals surface area contributed by atoms with E-state index in [2.05, 4.69) is 4.98 Å². The molecule has 112 valence electrons. The van der Waals surface area contributed by atoms with Gasteiger partial charge in [-0.1, -0.05) is 12.1 Å². The molecule has 3 rings (SSSR count). The van der Waals surface area contributed by atoms with Crippen molar-refractivity contribution >= 4 is 11.3 Å². The van der Waals surface area contributed by atoms with Gasteiger partial charge in [0.2, 0.25) is 0 Å². The second-order valence-electron chi connectivity index (χ2n) is 5.22. The van der Waals surface area contributed by atoms with Crippen LogP contribution in [0.25, 0.3) is 0 Å². The standard InChI is InChI=1S/C16H19NO3S/c1-11(18)12-4-2-5-14(8-12)20-9-13-10-21-16(17-13)15-6-3-7-19-15/h2,4-5,8,10-11,15,18H,3,6-7,9H2,1H3. The third-order valence-electron chi connectivity index (χ3n) is 3.50. The first-order chi connectivity index (χ1) is 10.2. The molecule has 0 aliphatic carbocycles. The molecule has 21 heavy (non-hydrogen) atoms. The van der Waals surface area contributed by atoms with Gasteiger partial charge in [-0.05, 0) is 37.5 Å². The molecule has 2 aromatic rings. The quantitative estimate of drug-likeness (QED) is 0.916. The van der Waals surface area contributed by atoms with Crippen molar-refractivity contribution < 1.29 is 14.6 Å². The minimum absolute atomic E-state index is 0.169. The normalized spacial score (nSPS) is 19.6. The van der Waals surface area contributed by atoms with Gasteiger partial charge in [-0.25, -0.2) is 4.98 Å². The van der Waals surface area contributed by atoms with Crippen molar-refractivity contribution in [3.63, 3.8) is 0 Å². The van der Waals surface area contributed by atoms with Crippen LogP contribution in [0.15, 0.2) is 29.6 Å². The van der Waals surface area contributed by atoms with Crippen LogP contribution in [-0.2, 0) is 11.3 Å². The topological polar surface area (TPSA) is 51.6 Å². The van der Waals surface area contributed by atoms with E-state index in [1.54, 1.807) is 18.3 Å². The molecule has 1 N–H and O–H groups in total. The Bertz CT molecular complexity index is 591. The van der Waals surface area contributed by atoms with E-state index in [0.29, 0.717) is 6.61 Å². The molecule has 1 aliphatic heterocycles. The molecule has 0 bridgehead atoms. The molecule has 1 aromatic carbocycles. The monoisotopic (exact) mass is 305 g/mol.